The average molecular weight is 621 g/mol. The van der Waals surface area contributed by atoms with Crippen LogP contribution in [0.4, 0.5) is 0 Å². The van der Waals surface area contributed by atoms with Crippen LogP contribution in [0, 0.1) is 46.3 Å². The number of hydrogen-bond acceptors (Lipinski definition) is 3. The van der Waals surface area contributed by atoms with Crippen molar-refractivity contribution < 1.29 is 19.5 Å². The highest BCUT2D eigenvalue weighted by Gasteiger charge is 2.60. The summed E-state index contributed by atoms with van der Waals surface area (Å²) < 4.78 is 0. The summed E-state index contributed by atoms with van der Waals surface area (Å²) in [5.74, 6) is 3.61. The first-order valence-corrected chi connectivity index (χ1v) is 18.3. The second-order valence-electron chi connectivity index (χ2n) is 16.4. The van der Waals surface area contributed by atoms with Crippen LogP contribution in [-0.2, 0) is 0 Å². The van der Waals surface area contributed by atoms with Gasteiger partial charge in [-0.1, -0.05) is 75.9 Å². The van der Waals surface area contributed by atoms with Gasteiger partial charge in [0, 0.05) is 27.8 Å². The molecule has 5 aliphatic rings. The van der Waals surface area contributed by atoms with Gasteiger partial charge >= 0.3 is 5.97 Å². The van der Waals surface area contributed by atoms with Gasteiger partial charge in [-0.15, -0.1) is 0 Å². The van der Waals surface area contributed by atoms with Crippen LogP contribution in [0.1, 0.15) is 159 Å². The number of carboxylic acids is 1. The Labute approximate surface area is 275 Å². The van der Waals surface area contributed by atoms with Gasteiger partial charge in [0.05, 0.1) is 5.56 Å². The average Bonchev–Trinajstić information content (AvgIpc) is 3.40. The predicted octanol–water partition coefficient (Wildman–Crippen LogP) is 10.4. The lowest BCUT2D eigenvalue weighted by Crippen LogP contribution is -2.53. The molecule has 0 saturated heterocycles. The van der Waals surface area contributed by atoms with Gasteiger partial charge in [0.25, 0.3) is 0 Å². The molecule has 4 fully saturated rings. The van der Waals surface area contributed by atoms with Gasteiger partial charge in [0.1, 0.15) is 0 Å². The summed E-state index contributed by atoms with van der Waals surface area (Å²) in [7, 11) is 0. The SMILES string of the molecule is CC(=Cc1c(C(=O)O)ccc2c1C(=O)c1ccccc1C2=O)CCC[C@@H](C)[C@H]1CC[C@H]2[C@@H]3CCC4CCCC[C@]4(C)[C@H]3CC[C@]12C. The van der Waals surface area contributed by atoms with Crippen LogP contribution in [0.5, 0.6) is 0 Å². The number of carboxylic acid groups (broad SMARTS) is 1. The summed E-state index contributed by atoms with van der Waals surface area (Å²) in [6.45, 7) is 9.86. The highest BCUT2D eigenvalue weighted by Crippen LogP contribution is 2.68. The maximum absolute atomic E-state index is 13.6. The van der Waals surface area contributed by atoms with Crippen LogP contribution in [0.15, 0.2) is 42.0 Å². The van der Waals surface area contributed by atoms with Crippen molar-refractivity contribution in [2.24, 2.45) is 46.3 Å². The molecule has 0 spiro atoms. The van der Waals surface area contributed by atoms with E-state index in [0.717, 1.165) is 54.4 Å². The third-order valence-electron chi connectivity index (χ3n) is 14.3. The van der Waals surface area contributed by atoms with Gasteiger partial charge in [-0.2, -0.15) is 0 Å². The van der Waals surface area contributed by atoms with E-state index in [4.69, 9.17) is 0 Å². The molecule has 8 atom stereocenters. The first-order chi connectivity index (χ1) is 22.0. The van der Waals surface area contributed by atoms with Crippen molar-refractivity contribution in [2.45, 2.75) is 111 Å². The molecule has 4 heteroatoms. The van der Waals surface area contributed by atoms with Crippen LogP contribution in [0.3, 0.4) is 0 Å². The second kappa shape index (κ2) is 11.9. The standard InChI is InChI=1S/C42H52O4/c1-25(24-33-30(40(45)46)17-18-32-37(33)39(44)29-14-6-5-13-28(29)38(32)43)10-9-11-26(2)34-19-20-35-31-16-15-27-12-7-8-22-41(27,3)36(31)21-23-42(34,35)4/h5-6,13-14,17-18,24,26-27,31,34-36H,7-12,15-16,19-23H2,1-4H3,(H,45,46)/t26-,27?,31+,34-,35+,36+,41+,42-/m1/s1. The van der Waals surface area contributed by atoms with Crippen LogP contribution in [0.2, 0.25) is 0 Å². The van der Waals surface area contributed by atoms with E-state index in [0.29, 0.717) is 39.0 Å². The lowest BCUT2D eigenvalue weighted by molar-refractivity contribution is -0.114. The summed E-state index contributed by atoms with van der Waals surface area (Å²) in [4.78, 5) is 39.2. The lowest BCUT2D eigenvalue weighted by atomic mass is 9.44. The second-order valence-corrected chi connectivity index (χ2v) is 16.4. The van der Waals surface area contributed by atoms with E-state index in [1.165, 1.54) is 76.3 Å². The highest BCUT2D eigenvalue weighted by molar-refractivity contribution is 6.30. The molecule has 7 rings (SSSR count). The van der Waals surface area contributed by atoms with Crippen molar-refractivity contribution in [3.8, 4) is 0 Å². The molecule has 4 saturated carbocycles. The van der Waals surface area contributed by atoms with Gasteiger partial charge in [-0.05, 0) is 130 Å². The third-order valence-corrected chi connectivity index (χ3v) is 14.3. The van der Waals surface area contributed by atoms with Crippen LogP contribution >= 0.6 is 0 Å². The van der Waals surface area contributed by atoms with Crippen LogP contribution in [-0.4, -0.2) is 22.6 Å². The molecule has 1 N–H and O–H groups in total. The fraction of sp³-hybridized carbons (Fsp3) is 0.595. The minimum Gasteiger partial charge on any atom is -0.478 e. The number of carbonyl (C=O) groups excluding carboxylic acids is 2. The zero-order chi connectivity index (χ0) is 32.4. The molecule has 2 aromatic carbocycles. The minimum atomic E-state index is -1.08. The zero-order valence-electron chi connectivity index (χ0n) is 28.4. The molecule has 1 unspecified atom stereocenters. The molecule has 4 nitrogen and oxygen atoms in total. The van der Waals surface area contributed by atoms with Gasteiger partial charge in [0.15, 0.2) is 11.6 Å². The fourth-order valence-electron chi connectivity index (χ4n) is 12.0. The van der Waals surface area contributed by atoms with Crippen molar-refractivity contribution in [3.63, 3.8) is 0 Å². The number of rotatable bonds is 7. The lowest BCUT2D eigenvalue weighted by Gasteiger charge is -2.61. The van der Waals surface area contributed by atoms with E-state index < -0.39 is 5.97 Å². The summed E-state index contributed by atoms with van der Waals surface area (Å²) in [6, 6.07) is 9.83. The van der Waals surface area contributed by atoms with Crippen LogP contribution in [0.25, 0.3) is 6.08 Å². The summed E-state index contributed by atoms with van der Waals surface area (Å²) >= 11 is 0. The molecule has 0 radical (unpaired) electrons. The smallest absolute Gasteiger partial charge is 0.336 e. The van der Waals surface area contributed by atoms with Crippen LogP contribution < -0.4 is 0 Å². The molecule has 5 aliphatic carbocycles. The Hall–Kier alpha value is -3.01. The first-order valence-electron chi connectivity index (χ1n) is 18.3. The van der Waals surface area contributed by atoms with Gasteiger partial charge in [-0.25, -0.2) is 4.79 Å². The van der Waals surface area contributed by atoms with Gasteiger partial charge in [-0.3, -0.25) is 9.59 Å². The van der Waals surface area contributed by atoms with Crippen molar-refractivity contribution in [2.75, 3.05) is 0 Å². The third kappa shape index (κ3) is 4.96. The number of fused-ring (bicyclic) bond motifs is 7. The van der Waals surface area contributed by atoms with E-state index in [1.807, 2.05) is 13.0 Å². The molecule has 0 aliphatic heterocycles. The van der Waals surface area contributed by atoms with Crippen molar-refractivity contribution >= 4 is 23.6 Å². The number of allylic oxidation sites excluding steroid dienone is 1. The largest absolute Gasteiger partial charge is 0.478 e. The molecule has 0 bridgehead atoms. The molecule has 244 valence electrons. The highest BCUT2D eigenvalue weighted by atomic mass is 16.4. The maximum atomic E-state index is 13.6. The van der Waals surface area contributed by atoms with Crippen molar-refractivity contribution in [1.82, 2.24) is 0 Å². The normalized spacial score (nSPS) is 34.2. The summed E-state index contributed by atoms with van der Waals surface area (Å²) in [6.07, 6.45) is 19.3. The number of aromatic carboxylic acids is 1. The Morgan fingerprint density at radius 3 is 2.37 bits per heavy atom. The van der Waals surface area contributed by atoms with E-state index in [9.17, 15) is 19.5 Å². The van der Waals surface area contributed by atoms with E-state index in [2.05, 4.69) is 20.8 Å². The monoisotopic (exact) mass is 620 g/mol. The number of ketones is 2. The van der Waals surface area contributed by atoms with Crippen molar-refractivity contribution in [1.29, 1.82) is 0 Å². The van der Waals surface area contributed by atoms with Crippen molar-refractivity contribution in [3.05, 3.63) is 75.4 Å². The van der Waals surface area contributed by atoms with E-state index in [-0.39, 0.29) is 22.7 Å². The molecular weight excluding hydrogens is 568 g/mol. The van der Waals surface area contributed by atoms with Gasteiger partial charge < -0.3 is 5.11 Å². The number of hydrogen-bond donors (Lipinski definition) is 1. The minimum absolute atomic E-state index is 0.0728. The molecule has 46 heavy (non-hydrogen) atoms. The van der Waals surface area contributed by atoms with Gasteiger partial charge in [0.2, 0.25) is 0 Å². The molecule has 0 heterocycles. The Morgan fingerprint density at radius 1 is 0.870 bits per heavy atom. The van der Waals surface area contributed by atoms with E-state index in [1.54, 1.807) is 24.3 Å². The number of benzene rings is 2. The predicted molar refractivity (Wildman–Crippen MR) is 183 cm³/mol. The Morgan fingerprint density at radius 2 is 1.61 bits per heavy atom. The summed E-state index contributed by atoms with van der Waals surface area (Å²) in [5, 5.41) is 10.0. The zero-order valence-corrected chi connectivity index (χ0v) is 28.4. The molecular formula is C42H52O4. The molecule has 2 aromatic rings. The first kappa shape index (κ1) is 31.6. The van der Waals surface area contributed by atoms with E-state index >= 15 is 0 Å². The Balaban J connectivity index is 1.05. The topological polar surface area (TPSA) is 71.4 Å². The number of carbonyl (C=O) groups is 3. The quantitative estimate of drug-likeness (QED) is 0.285. The molecule has 0 amide bonds. The maximum Gasteiger partial charge on any atom is 0.336 e. The summed E-state index contributed by atoms with van der Waals surface area (Å²) in [5.41, 5.74) is 3.81. The fourth-order valence-corrected chi connectivity index (χ4v) is 12.0. The Kier molecular flexibility index (Phi) is 8.17. The molecule has 0 aromatic heterocycles. The Bertz CT molecular complexity index is 1600.